The van der Waals surface area contributed by atoms with Crippen LogP contribution < -0.4 is 24.8 Å². The van der Waals surface area contributed by atoms with Gasteiger partial charge in [0, 0.05) is 12.1 Å². The van der Waals surface area contributed by atoms with Gasteiger partial charge in [0.15, 0.2) is 11.5 Å². The van der Waals surface area contributed by atoms with Gasteiger partial charge < -0.3 is 34.7 Å². The number of aliphatic hydroxyl groups excluding tert-OH is 1. The van der Waals surface area contributed by atoms with Crippen molar-refractivity contribution < 1.29 is 33.6 Å². The molecule has 2 aromatic carbocycles. The Kier molecular flexibility index (Phi) is 7.31. The minimum Gasteiger partial charge on any atom is -0.497 e. The third kappa shape index (κ3) is 5.74. The molecule has 2 aliphatic heterocycles. The monoisotopic (exact) mass is 456 g/mol. The van der Waals surface area contributed by atoms with E-state index in [1.807, 2.05) is 24.3 Å². The Morgan fingerprint density at radius 2 is 1.88 bits per heavy atom. The van der Waals surface area contributed by atoms with Crippen LogP contribution in [-0.4, -0.2) is 55.7 Å². The Morgan fingerprint density at radius 1 is 1.09 bits per heavy atom. The lowest BCUT2D eigenvalue weighted by molar-refractivity contribution is -0.131. The molecule has 4 rings (SSSR count). The molecule has 0 saturated carbocycles. The number of amides is 2. The lowest BCUT2D eigenvalue weighted by Crippen LogP contribution is -2.51. The molecule has 0 aliphatic carbocycles. The maximum absolute atomic E-state index is 12.7. The van der Waals surface area contributed by atoms with E-state index in [9.17, 15) is 14.7 Å². The Bertz CT molecular complexity index is 979. The molecule has 0 aromatic heterocycles. The molecule has 0 radical (unpaired) electrons. The molecule has 33 heavy (non-hydrogen) atoms. The van der Waals surface area contributed by atoms with Gasteiger partial charge in [-0.15, -0.1) is 0 Å². The quantitative estimate of drug-likeness (QED) is 0.555. The SMILES string of the molecule is COc1ccc(CNC(=O)C[C@H]2CC[C@H](NC(=O)c3ccc4c(c3)OCO4)[C@@H](CO)O2)cc1. The van der Waals surface area contributed by atoms with Crippen molar-refractivity contribution in [1.29, 1.82) is 0 Å². The summed E-state index contributed by atoms with van der Waals surface area (Å²) >= 11 is 0. The largest absolute Gasteiger partial charge is 0.497 e. The summed E-state index contributed by atoms with van der Waals surface area (Å²) in [5.74, 6) is 1.48. The minimum absolute atomic E-state index is 0.129. The zero-order chi connectivity index (χ0) is 23.2. The predicted octanol–water partition coefficient (Wildman–Crippen LogP) is 1.77. The van der Waals surface area contributed by atoms with E-state index in [0.717, 1.165) is 11.3 Å². The maximum atomic E-state index is 12.7. The van der Waals surface area contributed by atoms with Crippen LogP contribution in [0.3, 0.4) is 0 Å². The zero-order valence-electron chi connectivity index (χ0n) is 18.4. The van der Waals surface area contributed by atoms with Gasteiger partial charge in [-0.25, -0.2) is 0 Å². The van der Waals surface area contributed by atoms with Crippen molar-refractivity contribution in [3.05, 3.63) is 53.6 Å². The van der Waals surface area contributed by atoms with E-state index in [4.69, 9.17) is 18.9 Å². The summed E-state index contributed by atoms with van der Waals surface area (Å²) in [6, 6.07) is 12.1. The van der Waals surface area contributed by atoms with Crippen molar-refractivity contribution in [2.24, 2.45) is 0 Å². The summed E-state index contributed by atoms with van der Waals surface area (Å²) < 4.78 is 21.6. The Balaban J connectivity index is 1.25. The standard InChI is InChI=1S/C24H28N2O7/c1-30-17-5-2-15(3-6-17)12-25-23(28)11-18-7-8-19(22(13-27)33-18)26-24(29)16-4-9-20-21(10-16)32-14-31-20/h2-6,9-10,18-19,22,27H,7-8,11-14H2,1H3,(H,25,28)(H,26,29)/t18-,19+,22-/m1/s1. The van der Waals surface area contributed by atoms with E-state index < -0.39 is 6.10 Å². The van der Waals surface area contributed by atoms with Crippen LogP contribution in [0.25, 0.3) is 0 Å². The highest BCUT2D eigenvalue weighted by Gasteiger charge is 2.33. The second kappa shape index (κ2) is 10.5. The van der Waals surface area contributed by atoms with Crippen LogP contribution in [0.5, 0.6) is 17.2 Å². The highest BCUT2D eigenvalue weighted by molar-refractivity contribution is 5.95. The zero-order valence-corrected chi connectivity index (χ0v) is 18.4. The Hall–Kier alpha value is -3.30. The number of hydrogen-bond donors (Lipinski definition) is 3. The second-order valence-corrected chi connectivity index (χ2v) is 8.03. The number of methoxy groups -OCH3 is 1. The molecule has 176 valence electrons. The number of carbonyl (C=O) groups is 2. The number of nitrogens with one attached hydrogen (secondary N) is 2. The molecule has 2 heterocycles. The van der Waals surface area contributed by atoms with E-state index in [-0.39, 0.29) is 43.8 Å². The molecular weight excluding hydrogens is 428 g/mol. The fourth-order valence-corrected chi connectivity index (χ4v) is 3.96. The van der Waals surface area contributed by atoms with Gasteiger partial charge in [0.25, 0.3) is 5.91 Å². The number of benzene rings is 2. The molecule has 9 nitrogen and oxygen atoms in total. The second-order valence-electron chi connectivity index (χ2n) is 8.03. The first-order valence-electron chi connectivity index (χ1n) is 10.9. The molecule has 2 aliphatic rings. The van der Waals surface area contributed by atoms with Gasteiger partial charge in [-0.3, -0.25) is 9.59 Å². The van der Waals surface area contributed by atoms with Gasteiger partial charge in [-0.2, -0.15) is 0 Å². The van der Waals surface area contributed by atoms with E-state index >= 15 is 0 Å². The summed E-state index contributed by atoms with van der Waals surface area (Å²) in [5.41, 5.74) is 1.41. The molecular formula is C24H28N2O7. The van der Waals surface area contributed by atoms with E-state index in [1.165, 1.54) is 0 Å². The summed E-state index contributed by atoms with van der Waals surface area (Å²) in [6.07, 6.45) is 0.471. The molecule has 3 N–H and O–H groups in total. The van der Waals surface area contributed by atoms with Crippen molar-refractivity contribution in [2.45, 2.75) is 44.1 Å². The van der Waals surface area contributed by atoms with Crippen LogP contribution in [0, 0.1) is 0 Å². The van der Waals surface area contributed by atoms with Crippen LogP contribution in [0.4, 0.5) is 0 Å². The smallest absolute Gasteiger partial charge is 0.251 e. The number of carbonyl (C=O) groups excluding carboxylic acids is 2. The average Bonchev–Trinajstić information content (AvgIpc) is 3.32. The van der Waals surface area contributed by atoms with E-state index in [1.54, 1.807) is 25.3 Å². The van der Waals surface area contributed by atoms with Gasteiger partial charge in [-0.05, 0) is 48.7 Å². The molecule has 1 fully saturated rings. The Labute approximate surface area is 192 Å². The van der Waals surface area contributed by atoms with Crippen molar-refractivity contribution in [3.8, 4) is 17.2 Å². The molecule has 2 amide bonds. The fraction of sp³-hybridized carbons (Fsp3) is 0.417. The highest BCUT2D eigenvalue weighted by Crippen LogP contribution is 2.32. The van der Waals surface area contributed by atoms with Crippen LogP contribution in [-0.2, 0) is 16.1 Å². The first kappa shape index (κ1) is 22.9. The van der Waals surface area contributed by atoms with Gasteiger partial charge in [0.2, 0.25) is 12.7 Å². The number of ether oxygens (including phenoxy) is 4. The third-order valence-electron chi connectivity index (χ3n) is 5.81. The van der Waals surface area contributed by atoms with Crippen molar-refractivity contribution in [1.82, 2.24) is 10.6 Å². The number of rotatable bonds is 8. The van der Waals surface area contributed by atoms with Gasteiger partial charge in [0.05, 0.1) is 32.3 Å². The number of aliphatic hydroxyl groups is 1. The van der Waals surface area contributed by atoms with Gasteiger partial charge in [0.1, 0.15) is 11.9 Å². The molecule has 0 unspecified atom stereocenters. The normalized spacial score (nSPS) is 21.3. The van der Waals surface area contributed by atoms with Crippen LogP contribution >= 0.6 is 0 Å². The number of hydrogen-bond acceptors (Lipinski definition) is 7. The number of fused-ring (bicyclic) bond motifs is 1. The van der Waals surface area contributed by atoms with Crippen LogP contribution in [0.2, 0.25) is 0 Å². The predicted molar refractivity (Wildman–Crippen MR) is 118 cm³/mol. The first-order valence-corrected chi connectivity index (χ1v) is 10.9. The van der Waals surface area contributed by atoms with Gasteiger partial charge >= 0.3 is 0 Å². The molecule has 0 bridgehead atoms. The topological polar surface area (TPSA) is 115 Å². The molecule has 0 spiro atoms. The summed E-state index contributed by atoms with van der Waals surface area (Å²) in [7, 11) is 1.61. The van der Waals surface area contributed by atoms with Crippen molar-refractivity contribution in [3.63, 3.8) is 0 Å². The molecule has 3 atom stereocenters. The average molecular weight is 456 g/mol. The fourth-order valence-electron chi connectivity index (χ4n) is 3.96. The lowest BCUT2D eigenvalue weighted by atomic mass is 9.96. The van der Waals surface area contributed by atoms with Gasteiger partial charge in [-0.1, -0.05) is 12.1 Å². The lowest BCUT2D eigenvalue weighted by Gasteiger charge is -2.36. The van der Waals surface area contributed by atoms with Crippen molar-refractivity contribution in [2.75, 3.05) is 20.5 Å². The van der Waals surface area contributed by atoms with Crippen LogP contribution in [0.15, 0.2) is 42.5 Å². The summed E-state index contributed by atoms with van der Waals surface area (Å²) in [6.45, 7) is 0.293. The van der Waals surface area contributed by atoms with E-state index in [0.29, 0.717) is 36.4 Å². The maximum Gasteiger partial charge on any atom is 0.251 e. The summed E-state index contributed by atoms with van der Waals surface area (Å²) in [4.78, 5) is 25.0. The van der Waals surface area contributed by atoms with E-state index in [2.05, 4.69) is 10.6 Å². The highest BCUT2D eigenvalue weighted by atomic mass is 16.7. The first-order chi connectivity index (χ1) is 16.1. The third-order valence-corrected chi connectivity index (χ3v) is 5.81. The van der Waals surface area contributed by atoms with Crippen molar-refractivity contribution >= 4 is 11.8 Å². The van der Waals surface area contributed by atoms with Crippen LogP contribution in [0.1, 0.15) is 35.2 Å². The molecule has 9 heteroatoms. The minimum atomic E-state index is -0.587. The molecule has 2 aromatic rings. The molecule has 1 saturated heterocycles. The Morgan fingerprint density at radius 3 is 2.64 bits per heavy atom. The summed E-state index contributed by atoms with van der Waals surface area (Å²) in [5, 5.41) is 15.6.